The second-order valence-corrected chi connectivity index (χ2v) is 7.88. The lowest BCUT2D eigenvalue weighted by Crippen LogP contribution is -2.39. The van der Waals surface area contributed by atoms with Gasteiger partial charge in [-0.1, -0.05) is 12.1 Å². The number of ether oxygens (including phenoxy) is 1. The van der Waals surface area contributed by atoms with Gasteiger partial charge in [-0.2, -0.15) is 0 Å². The molecule has 0 aliphatic carbocycles. The molecule has 5 nitrogen and oxygen atoms in total. The first-order chi connectivity index (χ1) is 10.9. The van der Waals surface area contributed by atoms with Crippen molar-refractivity contribution < 1.29 is 17.9 Å². The molecule has 0 atom stereocenters. The van der Waals surface area contributed by atoms with Crippen LogP contribution in [0.1, 0.15) is 23.2 Å². The number of sulfone groups is 1. The van der Waals surface area contributed by atoms with Crippen LogP contribution in [0.2, 0.25) is 0 Å². The second-order valence-electron chi connectivity index (χ2n) is 5.86. The fourth-order valence-electron chi connectivity index (χ4n) is 2.66. The van der Waals surface area contributed by atoms with Crippen molar-refractivity contribution in [2.75, 3.05) is 32.6 Å². The molecule has 1 amide bonds. The topological polar surface area (TPSA) is 63.7 Å². The molecule has 1 aromatic carbocycles. The van der Waals surface area contributed by atoms with E-state index in [0.717, 1.165) is 19.1 Å². The van der Waals surface area contributed by atoms with Gasteiger partial charge in [-0.15, -0.1) is 6.58 Å². The number of amides is 1. The van der Waals surface area contributed by atoms with E-state index in [0.29, 0.717) is 37.8 Å². The van der Waals surface area contributed by atoms with E-state index in [-0.39, 0.29) is 10.8 Å². The van der Waals surface area contributed by atoms with Gasteiger partial charge in [0.25, 0.3) is 5.91 Å². The Hall–Kier alpha value is -1.66. The Kier molecular flexibility index (Phi) is 5.96. The molecule has 1 aromatic rings. The fraction of sp³-hybridized carbons (Fsp3) is 0.471. The lowest BCUT2D eigenvalue weighted by molar-refractivity contribution is 0.0575. The highest BCUT2D eigenvalue weighted by Crippen LogP contribution is 2.20. The molecule has 1 fully saturated rings. The van der Waals surface area contributed by atoms with Crippen LogP contribution < -0.4 is 0 Å². The zero-order valence-electron chi connectivity index (χ0n) is 13.4. The maximum Gasteiger partial charge on any atom is 0.253 e. The van der Waals surface area contributed by atoms with Crippen LogP contribution in [0.5, 0.6) is 0 Å². The minimum atomic E-state index is -3.31. The third kappa shape index (κ3) is 4.91. The maximum atomic E-state index is 12.5. The van der Waals surface area contributed by atoms with Crippen molar-refractivity contribution in [3.63, 3.8) is 0 Å². The lowest BCUT2D eigenvalue weighted by atomic mass is 9.97. The normalized spacial score (nSPS) is 16.3. The molecule has 1 aliphatic heterocycles. The zero-order valence-corrected chi connectivity index (χ0v) is 14.2. The maximum absolute atomic E-state index is 12.5. The number of hydrogen-bond donors (Lipinski definition) is 0. The minimum absolute atomic E-state index is 0.110. The highest BCUT2D eigenvalue weighted by Gasteiger charge is 2.24. The summed E-state index contributed by atoms with van der Waals surface area (Å²) in [5.41, 5.74) is 0.425. The van der Waals surface area contributed by atoms with Crippen LogP contribution in [0.25, 0.3) is 0 Å². The number of rotatable bonds is 6. The predicted molar refractivity (Wildman–Crippen MR) is 89.2 cm³/mol. The molecule has 0 saturated carbocycles. The van der Waals surface area contributed by atoms with Gasteiger partial charge in [0.2, 0.25) is 0 Å². The van der Waals surface area contributed by atoms with Gasteiger partial charge in [-0.05, 0) is 37.0 Å². The van der Waals surface area contributed by atoms with E-state index in [1.807, 2.05) is 0 Å². The van der Waals surface area contributed by atoms with Gasteiger partial charge >= 0.3 is 0 Å². The SMILES string of the molecule is C=CCOCC1CCN(C(=O)c2cccc(S(C)(=O)=O)c2)CC1. The second kappa shape index (κ2) is 7.75. The number of piperidine rings is 1. The molecule has 0 spiro atoms. The molecular formula is C17H23NO4S. The highest BCUT2D eigenvalue weighted by atomic mass is 32.2. The average molecular weight is 337 g/mol. The van der Waals surface area contributed by atoms with Gasteiger partial charge in [0.15, 0.2) is 9.84 Å². The highest BCUT2D eigenvalue weighted by molar-refractivity contribution is 7.90. The molecule has 23 heavy (non-hydrogen) atoms. The zero-order chi connectivity index (χ0) is 16.9. The molecule has 126 valence electrons. The Morgan fingerprint density at radius 3 is 2.70 bits per heavy atom. The summed E-state index contributed by atoms with van der Waals surface area (Å²) in [6, 6.07) is 6.24. The Balaban J connectivity index is 1.96. The van der Waals surface area contributed by atoms with E-state index in [4.69, 9.17) is 4.74 Å². The van der Waals surface area contributed by atoms with Crippen LogP contribution >= 0.6 is 0 Å². The van der Waals surface area contributed by atoms with E-state index < -0.39 is 9.84 Å². The molecule has 0 N–H and O–H groups in total. The van der Waals surface area contributed by atoms with E-state index in [1.54, 1.807) is 23.1 Å². The van der Waals surface area contributed by atoms with E-state index in [1.165, 1.54) is 12.1 Å². The molecule has 6 heteroatoms. The molecule has 1 heterocycles. The van der Waals surface area contributed by atoms with E-state index >= 15 is 0 Å². The molecular weight excluding hydrogens is 314 g/mol. The summed E-state index contributed by atoms with van der Waals surface area (Å²) in [5, 5.41) is 0. The van der Waals surface area contributed by atoms with Gasteiger partial charge in [0.1, 0.15) is 0 Å². The average Bonchev–Trinajstić information content (AvgIpc) is 2.54. The first-order valence-electron chi connectivity index (χ1n) is 7.70. The van der Waals surface area contributed by atoms with Crippen molar-refractivity contribution in [1.29, 1.82) is 0 Å². The quantitative estimate of drug-likeness (QED) is 0.589. The number of carbonyl (C=O) groups is 1. The molecule has 0 bridgehead atoms. The third-order valence-electron chi connectivity index (χ3n) is 4.00. The molecule has 0 aromatic heterocycles. The van der Waals surface area contributed by atoms with Crippen molar-refractivity contribution >= 4 is 15.7 Å². The van der Waals surface area contributed by atoms with Crippen LogP contribution in [0.4, 0.5) is 0 Å². The first-order valence-corrected chi connectivity index (χ1v) is 9.59. The summed E-state index contributed by atoms with van der Waals surface area (Å²) in [6.45, 7) is 6.20. The number of likely N-dealkylation sites (tertiary alicyclic amines) is 1. The molecule has 1 saturated heterocycles. The minimum Gasteiger partial charge on any atom is -0.377 e. The molecule has 0 radical (unpaired) electrons. The summed E-state index contributed by atoms with van der Waals surface area (Å²) in [4.78, 5) is 14.5. The Morgan fingerprint density at radius 2 is 2.09 bits per heavy atom. The number of benzene rings is 1. The van der Waals surface area contributed by atoms with Crippen LogP contribution in [0.15, 0.2) is 41.8 Å². The number of carbonyl (C=O) groups excluding carboxylic acids is 1. The van der Waals surface area contributed by atoms with Gasteiger partial charge in [-0.25, -0.2) is 8.42 Å². The van der Waals surface area contributed by atoms with Crippen molar-refractivity contribution in [3.8, 4) is 0 Å². The third-order valence-corrected chi connectivity index (χ3v) is 5.11. The summed E-state index contributed by atoms with van der Waals surface area (Å²) in [5.74, 6) is 0.349. The largest absolute Gasteiger partial charge is 0.377 e. The Bertz CT molecular complexity index is 661. The summed E-state index contributed by atoms with van der Waals surface area (Å²) >= 11 is 0. The van der Waals surface area contributed by atoms with Crippen molar-refractivity contribution in [2.45, 2.75) is 17.7 Å². The van der Waals surface area contributed by atoms with Crippen LogP contribution in [-0.4, -0.2) is 51.8 Å². The number of nitrogens with zero attached hydrogens (tertiary/aromatic N) is 1. The predicted octanol–water partition coefficient (Wildman–Crippen LogP) is 2.14. The standard InChI is InChI=1S/C17H23NO4S/c1-3-11-22-13-14-7-9-18(10-8-14)17(19)15-5-4-6-16(12-15)23(2,20)21/h3-6,12,14H,1,7-11,13H2,2H3. The van der Waals surface area contributed by atoms with Gasteiger partial charge in [-0.3, -0.25) is 4.79 Å². The summed E-state index contributed by atoms with van der Waals surface area (Å²) in [7, 11) is -3.31. The first kappa shape index (κ1) is 17.7. The van der Waals surface area contributed by atoms with Crippen LogP contribution in [0, 0.1) is 5.92 Å². The van der Waals surface area contributed by atoms with E-state index in [9.17, 15) is 13.2 Å². The summed E-state index contributed by atoms with van der Waals surface area (Å²) in [6.07, 6.45) is 4.67. The van der Waals surface area contributed by atoms with Crippen molar-refractivity contribution in [2.24, 2.45) is 5.92 Å². The number of hydrogen-bond acceptors (Lipinski definition) is 4. The van der Waals surface area contributed by atoms with Gasteiger partial charge in [0.05, 0.1) is 11.5 Å². The lowest BCUT2D eigenvalue weighted by Gasteiger charge is -2.32. The van der Waals surface area contributed by atoms with Crippen LogP contribution in [0.3, 0.4) is 0 Å². The van der Waals surface area contributed by atoms with Crippen LogP contribution in [-0.2, 0) is 14.6 Å². The molecule has 0 unspecified atom stereocenters. The fourth-order valence-corrected chi connectivity index (χ4v) is 3.33. The van der Waals surface area contributed by atoms with Gasteiger partial charge in [0, 0.05) is 31.5 Å². The van der Waals surface area contributed by atoms with Crippen molar-refractivity contribution in [3.05, 3.63) is 42.5 Å². The molecule has 2 rings (SSSR count). The van der Waals surface area contributed by atoms with Crippen molar-refractivity contribution in [1.82, 2.24) is 4.90 Å². The van der Waals surface area contributed by atoms with E-state index in [2.05, 4.69) is 6.58 Å². The smallest absolute Gasteiger partial charge is 0.253 e. The molecule has 1 aliphatic rings. The Morgan fingerprint density at radius 1 is 1.39 bits per heavy atom. The summed E-state index contributed by atoms with van der Waals surface area (Å²) < 4.78 is 28.7. The Labute approximate surface area is 137 Å². The monoisotopic (exact) mass is 337 g/mol. The van der Waals surface area contributed by atoms with Gasteiger partial charge < -0.3 is 9.64 Å².